The topological polar surface area (TPSA) is 85.6 Å². The van der Waals surface area contributed by atoms with Crippen molar-refractivity contribution in [1.82, 2.24) is 0 Å². The van der Waals surface area contributed by atoms with Crippen molar-refractivity contribution in [3.8, 4) is 11.5 Å². The Balaban J connectivity index is 1.54. The molecule has 6 heteroatoms. The number of amides is 1. The first-order chi connectivity index (χ1) is 14.6. The van der Waals surface area contributed by atoms with Crippen molar-refractivity contribution in [2.75, 3.05) is 37.1 Å². The summed E-state index contributed by atoms with van der Waals surface area (Å²) in [7, 11) is 3.22. The summed E-state index contributed by atoms with van der Waals surface area (Å²) in [5.74, 6) is 1.17. The van der Waals surface area contributed by atoms with Crippen LogP contribution < -0.4 is 25.8 Å². The summed E-state index contributed by atoms with van der Waals surface area (Å²) >= 11 is 0. The summed E-state index contributed by atoms with van der Waals surface area (Å²) in [5.41, 5.74) is 9.51. The number of carbonyl (C=O) groups is 1. The van der Waals surface area contributed by atoms with E-state index in [2.05, 4.69) is 10.6 Å². The molecule has 0 aliphatic rings. The summed E-state index contributed by atoms with van der Waals surface area (Å²) in [6.07, 6.45) is 4.00. The van der Waals surface area contributed by atoms with Gasteiger partial charge in [-0.3, -0.25) is 4.79 Å². The van der Waals surface area contributed by atoms with Crippen molar-refractivity contribution in [1.29, 1.82) is 0 Å². The van der Waals surface area contributed by atoms with Crippen LogP contribution in [-0.2, 0) is 0 Å². The van der Waals surface area contributed by atoms with Crippen molar-refractivity contribution in [3.05, 3.63) is 83.9 Å². The number of rotatable bonds is 8. The molecule has 0 bridgehead atoms. The lowest BCUT2D eigenvalue weighted by Crippen LogP contribution is -2.12. The van der Waals surface area contributed by atoms with Crippen LogP contribution in [0, 0.1) is 0 Å². The summed E-state index contributed by atoms with van der Waals surface area (Å²) in [5, 5.41) is 6.13. The molecule has 0 atom stereocenters. The number of methoxy groups -OCH3 is 2. The molecule has 1 amide bonds. The van der Waals surface area contributed by atoms with Crippen molar-refractivity contribution in [2.45, 2.75) is 0 Å². The van der Waals surface area contributed by atoms with E-state index in [9.17, 15) is 4.79 Å². The molecule has 0 unspecified atom stereocenters. The molecule has 0 aliphatic heterocycles. The van der Waals surface area contributed by atoms with Crippen LogP contribution >= 0.6 is 0 Å². The fraction of sp³-hybridized carbons (Fsp3) is 0.125. The summed E-state index contributed by atoms with van der Waals surface area (Å²) in [4.78, 5) is 12.4. The standard InChI is InChI=1S/C24H25N3O3/c1-29-22-14-13-19(16-23(22)30-2)26-15-5-6-17-9-11-18(12-10-17)24(28)27-21-8-4-3-7-20(21)25/h3-14,16,26H,15,25H2,1-2H3,(H,27,28)/b6-5+. The number of anilines is 3. The zero-order valence-electron chi connectivity index (χ0n) is 17.0. The Bertz CT molecular complexity index is 1030. The highest BCUT2D eigenvalue weighted by Gasteiger charge is 2.07. The number of hydrogen-bond donors (Lipinski definition) is 3. The van der Waals surface area contributed by atoms with Gasteiger partial charge in [-0.2, -0.15) is 0 Å². The Morgan fingerprint density at radius 3 is 2.40 bits per heavy atom. The molecule has 3 aromatic rings. The molecule has 30 heavy (non-hydrogen) atoms. The second kappa shape index (κ2) is 10.0. The largest absolute Gasteiger partial charge is 0.493 e. The Morgan fingerprint density at radius 1 is 0.967 bits per heavy atom. The molecule has 0 fully saturated rings. The molecule has 0 saturated heterocycles. The zero-order chi connectivity index (χ0) is 21.3. The molecule has 0 spiro atoms. The van der Waals surface area contributed by atoms with E-state index in [4.69, 9.17) is 15.2 Å². The van der Waals surface area contributed by atoms with E-state index in [1.165, 1.54) is 0 Å². The normalized spacial score (nSPS) is 10.6. The van der Waals surface area contributed by atoms with Gasteiger partial charge >= 0.3 is 0 Å². The molecule has 6 nitrogen and oxygen atoms in total. The number of hydrogen-bond acceptors (Lipinski definition) is 5. The van der Waals surface area contributed by atoms with E-state index in [1.54, 1.807) is 38.5 Å². The number of para-hydroxylation sites is 2. The lowest BCUT2D eigenvalue weighted by atomic mass is 10.1. The third kappa shape index (κ3) is 5.32. The first-order valence-corrected chi connectivity index (χ1v) is 9.49. The maximum atomic E-state index is 12.4. The maximum absolute atomic E-state index is 12.4. The first-order valence-electron chi connectivity index (χ1n) is 9.49. The minimum absolute atomic E-state index is 0.196. The van der Waals surface area contributed by atoms with Gasteiger partial charge in [0.25, 0.3) is 5.91 Å². The monoisotopic (exact) mass is 403 g/mol. The quantitative estimate of drug-likeness (QED) is 0.476. The number of nitrogens with one attached hydrogen (secondary N) is 2. The molecule has 4 N–H and O–H groups in total. The van der Waals surface area contributed by atoms with E-state index in [0.29, 0.717) is 35.0 Å². The number of nitrogen functional groups attached to an aromatic ring is 1. The maximum Gasteiger partial charge on any atom is 0.255 e. The molecule has 3 rings (SSSR count). The number of nitrogens with two attached hydrogens (primary N) is 1. The molecular weight excluding hydrogens is 378 g/mol. The van der Waals surface area contributed by atoms with Gasteiger partial charge in [-0.25, -0.2) is 0 Å². The van der Waals surface area contributed by atoms with Gasteiger partial charge in [0, 0.05) is 23.9 Å². The fourth-order valence-corrected chi connectivity index (χ4v) is 2.87. The van der Waals surface area contributed by atoms with Crippen LogP contribution in [0.1, 0.15) is 15.9 Å². The second-order valence-electron chi connectivity index (χ2n) is 6.52. The smallest absolute Gasteiger partial charge is 0.255 e. The lowest BCUT2D eigenvalue weighted by Gasteiger charge is -2.10. The number of benzene rings is 3. The average Bonchev–Trinajstić information content (AvgIpc) is 2.78. The molecule has 0 aliphatic carbocycles. The van der Waals surface area contributed by atoms with Gasteiger partial charge in [-0.05, 0) is 42.0 Å². The van der Waals surface area contributed by atoms with Crippen LogP contribution in [-0.4, -0.2) is 26.7 Å². The summed E-state index contributed by atoms with van der Waals surface area (Å²) in [6.45, 7) is 0.644. The molecular formula is C24H25N3O3. The summed E-state index contributed by atoms with van der Waals surface area (Å²) < 4.78 is 10.5. The first kappa shape index (κ1) is 20.8. The van der Waals surface area contributed by atoms with E-state index < -0.39 is 0 Å². The highest BCUT2D eigenvalue weighted by atomic mass is 16.5. The van der Waals surface area contributed by atoms with Gasteiger partial charge in [0.15, 0.2) is 11.5 Å². The van der Waals surface area contributed by atoms with Crippen molar-refractivity contribution >= 4 is 29.0 Å². The van der Waals surface area contributed by atoms with Crippen LogP contribution in [0.5, 0.6) is 11.5 Å². The van der Waals surface area contributed by atoms with Gasteiger partial charge in [-0.1, -0.05) is 36.4 Å². The molecule has 0 heterocycles. The Morgan fingerprint density at radius 2 is 1.70 bits per heavy atom. The van der Waals surface area contributed by atoms with E-state index in [1.807, 2.05) is 54.6 Å². The third-order valence-corrected chi connectivity index (χ3v) is 4.50. The number of carbonyl (C=O) groups excluding carboxylic acids is 1. The van der Waals surface area contributed by atoms with Crippen molar-refractivity contribution in [2.24, 2.45) is 0 Å². The van der Waals surface area contributed by atoms with E-state index in [-0.39, 0.29) is 5.91 Å². The SMILES string of the molecule is COc1ccc(NC/C=C/c2ccc(C(=O)Nc3ccccc3N)cc2)cc1OC. The fourth-order valence-electron chi connectivity index (χ4n) is 2.87. The Hall–Kier alpha value is -3.93. The van der Waals surface area contributed by atoms with Crippen LogP contribution in [0.2, 0.25) is 0 Å². The van der Waals surface area contributed by atoms with Gasteiger partial charge in [0.1, 0.15) is 0 Å². The Kier molecular flexibility index (Phi) is 6.95. The third-order valence-electron chi connectivity index (χ3n) is 4.50. The minimum atomic E-state index is -0.196. The van der Waals surface area contributed by atoms with Crippen LogP contribution in [0.3, 0.4) is 0 Å². The molecule has 3 aromatic carbocycles. The lowest BCUT2D eigenvalue weighted by molar-refractivity contribution is 0.102. The van der Waals surface area contributed by atoms with Gasteiger partial charge in [0.2, 0.25) is 0 Å². The number of ether oxygens (including phenoxy) is 2. The predicted octanol–water partition coefficient (Wildman–Crippen LogP) is 4.66. The average molecular weight is 403 g/mol. The predicted molar refractivity (Wildman–Crippen MR) is 122 cm³/mol. The summed E-state index contributed by atoms with van der Waals surface area (Å²) in [6, 6.07) is 20.2. The Labute approximate surface area is 176 Å². The van der Waals surface area contributed by atoms with Crippen molar-refractivity contribution < 1.29 is 14.3 Å². The van der Waals surface area contributed by atoms with Gasteiger partial charge in [-0.15, -0.1) is 0 Å². The van der Waals surface area contributed by atoms with Gasteiger partial charge in [0.05, 0.1) is 25.6 Å². The van der Waals surface area contributed by atoms with Gasteiger partial charge < -0.3 is 25.8 Å². The molecule has 154 valence electrons. The second-order valence-corrected chi connectivity index (χ2v) is 6.52. The van der Waals surface area contributed by atoms with Crippen LogP contribution in [0.4, 0.5) is 17.1 Å². The molecule has 0 saturated carbocycles. The minimum Gasteiger partial charge on any atom is -0.493 e. The van der Waals surface area contributed by atoms with Crippen LogP contribution in [0.25, 0.3) is 6.08 Å². The zero-order valence-corrected chi connectivity index (χ0v) is 17.0. The van der Waals surface area contributed by atoms with E-state index in [0.717, 1.165) is 11.3 Å². The highest BCUT2D eigenvalue weighted by Crippen LogP contribution is 2.29. The van der Waals surface area contributed by atoms with Crippen LogP contribution in [0.15, 0.2) is 72.8 Å². The molecule has 0 radical (unpaired) electrons. The highest BCUT2D eigenvalue weighted by molar-refractivity contribution is 6.05. The molecule has 0 aromatic heterocycles. The van der Waals surface area contributed by atoms with Crippen molar-refractivity contribution in [3.63, 3.8) is 0 Å². The van der Waals surface area contributed by atoms with E-state index >= 15 is 0 Å².